The predicted octanol–water partition coefficient (Wildman–Crippen LogP) is 5.17. The molecule has 0 radical (unpaired) electrons. The van der Waals surface area contributed by atoms with Gasteiger partial charge in [-0.1, -0.05) is 0 Å². The van der Waals surface area contributed by atoms with E-state index in [0.29, 0.717) is 36.6 Å². The molecule has 0 saturated carbocycles. The fourth-order valence-corrected chi connectivity index (χ4v) is 5.64. The number of piperazine rings is 1. The van der Waals surface area contributed by atoms with Crippen molar-refractivity contribution in [3.63, 3.8) is 0 Å². The first kappa shape index (κ1) is 34.4. The Bertz CT molecular complexity index is 1910. The Labute approximate surface area is 276 Å². The minimum atomic E-state index is -4.70. The van der Waals surface area contributed by atoms with Crippen LogP contribution in [0.3, 0.4) is 0 Å². The number of carbonyl (C=O) groups excluding carboxylic acids is 2. The third-order valence-electron chi connectivity index (χ3n) is 7.79. The number of anilines is 1. The molecule has 2 aromatic carbocycles. The fourth-order valence-electron chi connectivity index (χ4n) is 4.97. The lowest BCUT2D eigenvalue weighted by Crippen LogP contribution is -2.48. The lowest BCUT2D eigenvalue weighted by molar-refractivity contribution is -0.137. The SMILES string of the molecule is CCOc1cncc(-c2cnn(-c3cc(C(=O)N4CCN(c5ccc(C(=O)NS(=O)(=O)C(C)(C)C)cc5)CC4)cc(C(F)(F)F)c3)c2)c1. The van der Waals surface area contributed by atoms with Crippen LogP contribution in [0.1, 0.15) is 54.0 Å². The molecule has 48 heavy (non-hydrogen) atoms. The first-order valence-electron chi connectivity index (χ1n) is 15.1. The number of nitrogens with one attached hydrogen (secondary N) is 1. The van der Waals surface area contributed by atoms with Crippen molar-refractivity contribution in [2.75, 3.05) is 37.7 Å². The number of ether oxygens (including phenoxy) is 1. The lowest BCUT2D eigenvalue weighted by Gasteiger charge is -2.36. The van der Waals surface area contributed by atoms with Gasteiger partial charge in [-0.05, 0) is 76.2 Å². The fraction of sp³-hybridized carbons (Fsp3) is 0.333. The van der Waals surface area contributed by atoms with Gasteiger partial charge in [-0.25, -0.2) is 17.8 Å². The summed E-state index contributed by atoms with van der Waals surface area (Å²) in [6.07, 6.45) is 1.52. The maximum Gasteiger partial charge on any atom is 0.416 e. The average Bonchev–Trinajstić information content (AvgIpc) is 3.54. The highest BCUT2D eigenvalue weighted by Crippen LogP contribution is 2.33. The Kier molecular flexibility index (Phi) is 9.53. The molecule has 1 saturated heterocycles. The van der Waals surface area contributed by atoms with E-state index in [-0.39, 0.29) is 29.9 Å². The number of carbonyl (C=O) groups is 2. The molecule has 11 nitrogen and oxygen atoms in total. The summed E-state index contributed by atoms with van der Waals surface area (Å²) in [4.78, 5) is 33.7. The van der Waals surface area contributed by atoms with E-state index in [2.05, 4.69) is 14.8 Å². The van der Waals surface area contributed by atoms with E-state index in [0.717, 1.165) is 17.8 Å². The summed E-state index contributed by atoms with van der Waals surface area (Å²) in [6, 6.07) is 11.3. The lowest BCUT2D eigenvalue weighted by atomic mass is 10.1. The van der Waals surface area contributed by atoms with Crippen molar-refractivity contribution in [2.45, 2.75) is 38.6 Å². The highest BCUT2D eigenvalue weighted by Gasteiger charge is 2.34. The molecule has 1 fully saturated rings. The van der Waals surface area contributed by atoms with Gasteiger partial charge in [0, 0.05) is 66.5 Å². The second kappa shape index (κ2) is 13.3. The van der Waals surface area contributed by atoms with Crippen LogP contribution in [0.15, 0.2) is 73.3 Å². The molecule has 4 aromatic rings. The van der Waals surface area contributed by atoms with Gasteiger partial charge in [-0.15, -0.1) is 0 Å². The number of sulfonamides is 1. The largest absolute Gasteiger partial charge is 0.492 e. The van der Waals surface area contributed by atoms with Crippen LogP contribution in [-0.4, -0.2) is 77.4 Å². The van der Waals surface area contributed by atoms with E-state index in [1.807, 2.05) is 11.8 Å². The van der Waals surface area contributed by atoms with Crippen molar-refractivity contribution in [1.82, 2.24) is 24.4 Å². The van der Waals surface area contributed by atoms with Gasteiger partial charge in [0.15, 0.2) is 0 Å². The topological polar surface area (TPSA) is 127 Å². The summed E-state index contributed by atoms with van der Waals surface area (Å²) in [5, 5.41) is 4.26. The number of aromatic nitrogens is 3. The molecule has 254 valence electrons. The average molecular weight is 685 g/mol. The second-order valence-corrected chi connectivity index (χ2v) is 14.6. The standard InChI is InChI=1S/C33H35F3N6O5S/c1-5-47-29-16-24(18-37-20-29)25-19-38-42(21-25)28-15-23(14-26(17-28)33(34,35)36)31(44)41-12-10-40(11-13-41)27-8-6-22(7-9-27)30(43)39-48(45,46)32(2,3)4/h6-9,14-21H,5,10-13H2,1-4H3,(H,39,43). The van der Waals surface area contributed by atoms with Gasteiger partial charge >= 0.3 is 6.18 Å². The van der Waals surface area contributed by atoms with Gasteiger partial charge in [0.1, 0.15) is 5.75 Å². The second-order valence-electron chi connectivity index (χ2n) is 12.2. The zero-order chi connectivity index (χ0) is 34.9. The summed E-state index contributed by atoms with van der Waals surface area (Å²) in [6.45, 7) is 8.00. The molecule has 0 unspecified atom stereocenters. The van der Waals surface area contributed by atoms with Crippen molar-refractivity contribution in [3.8, 4) is 22.6 Å². The van der Waals surface area contributed by atoms with Crippen LogP contribution in [0.25, 0.3) is 16.8 Å². The number of benzene rings is 2. The van der Waals surface area contributed by atoms with Crippen molar-refractivity contribution in [3.05, 3.63) is 90.0 Å². The van der Waals surface area contributed by atoms with Crippen molar-refractivity contribution >= 4 is 27.5 Å². The summed E-state index contributed by atoms with van der Waals surface area (Å²) in [7, 11) is -3.88. The van der Waals surface area contributed by atoms with E-state index in [1.165, 1.54) is 54.7 Å². The number of hydrogen-bond acceptors (Lipinski definition) is 8. The highest BCUT2D eigenvalue weighted by molar-refractivity contribution is 7.91. The van der Waals surface area contributed by atoms with E-state index in [9.17, 15) is 31.2 Å². The van der Waals surface area contributed by atoms with E-state index in [4.69, 9.17) is 4.74 Å². The Morgan fingerprint density at radius 2 is 1.56 bits per heavy atom. The Morgan fingerprint density at radius 1 is 0.875 bits per heavy atom. The van der Waals surface area contributed by atoms with Crippen LogP contribution in [0, 0.1) is 0 Å². The van der Waals surface area contributed by atoms with Crippen molar-refractivity contribution in [2.24, 2.45) is 0 Å². The zero-order valence-electron chi connectivity index (χ0n) is 26.8. The maximum atomic E-state index is 14.0. The van der Waals surface area contributed by atoms with Crippen LogP contribution >= 0.6 is 0 Å². The normalized spacial score (nSPS) is 14.1. The minimum Gasteiger partial charge on any atom is -0.492 e. The molecule has 1 aliphatic heterocycles. The number of amides is 2. The summed E-state index contributed by atoms with van der Waals surface area (Å²) >= 11 is 0. The number of halogens is 3. The van der Waals surface area contributed by atoms with Gasteiger partial charge in [0.25, 0.3) is 11.8 Å². The molecule has 5 rings (SSSR count). The minimum absolute atomic E-state index is 0.0754. The summed E-state index contributed by atoms with van der Waals surface area (Å²) < 4.78 is 74.3. The summed E-state index contributed by atoms with van der Waals surface area (Å²) in [5.74, 6) is -0.745. The molecule has 1 aliphatic rings. The highest BCUT2D eigenvalue weighted by atomic mass is 32.2. The van der Waals surface area contributed by atoms with Crippen LogP contribution in [0.2, 0.25) is 0 Å². The smallest absolute Gasteiger partial charge is 0.416 e. The molecule has 3 heterocycles. The van der Waals surface area contributed by atoms with Gasteiger partial charge in [-0.3, -0.25) is 14.6 Å². The molecular weight excluding hydrogens is 649 g/mol. The molecule has 0 bridgehead atoms. The Hall–Kier alpha value is -4.92. The molecular formula is C33H35F3N6O5S. The number of nitrogens with zero attached hydrogens (tertiary/aromatic N) is 5. The monoisotopic (exact) mass is 684 g/mol. The van der Waals surface area contributed by atoms with Crippen LogP contribution < -0.4 is 14.4 Å². The van der Waals surface area contributed by atoms with Gasteiger partial charge in [-0.2, -0.15) is 18.3 Å². The first-order valence-corrected chi connectivity index (χ1v) is 16.6. The van der Waals surface area contributed by atoms with Crippen LogP contribution in [0.5, 0.6) is 5.75 Å². The predicted molar refractivity (Wildman–Crippen MR) is 174 cm³/mol. The zero-order valence-corrected chi connectivity index (χ0v) is 27.6. The quantitative estimate of drug-likeness (QED) is 0.270. The molecule has 2 amide bonds. The molecule has 15 heteroatoms. The van der Waals surface area contributed by atoms with E-state index < -0.39 is 38.3 Å². The Balaban J connectivity index is 1.29. The maximum absolute atomic E-state index is 14.0. The van der Waals surface area contributed by atoms with Crippen molar-refractivity contribution < 1.29 is 35.9 Å². The van der Waals surface area contributed by atoms with Crippen LogP contribution in [0.4, 0.5) is 18.9 Å². The third kappa shape index (κ3) is 7.62. The number of rotatable bonds is 8. The summed E-state index contributed by atoms with van der Waals surface area (Å²) in [5.41, 5.74) is 1.17. The Morgan fingerprint density at radius 3 is 2.19 bits per heavy atom. The van der Waals surface area contributed by atoms with E-state index in [1.54, 1.807) is 36.8 Å². The first-order chi connectivity index (χ1) is 22.6. The number of hydrogen-bond donors (Lipinski definition) is 1. The number of pyridine rings is 1. The molecule has 2 aromatic heterocycles. The van der Waals surface area contributed by atoms with Gasteiger partial charge < -0.3 is 14.5 Å². The van der Waals surface area contributed by atoms with E-state index >= 15 is 0 Å². The number of alkyl halides is 3. The molecule has 0 atom stereocenters. The van der Waals surface area contributed by atoms with Gasteiger partial charge in [0.05, 0.1) is 35.0 Å². The van der Waals surface area contributed by atoms with Crippen LogP contribution in [-0.2, 0) is 16.2 Å². The third-order valence-corrected chi connectivity index (χ3v) is 9.86. The van der Waals surface area contributed by atoms with Gasteiger partial charge in [0.2, 0.25) is 10.0 Å². The molecule has 0 spiro atoms. The molecule has 1 N–H and O–H groups in total. The molecule has 0 aliphatic carbocycles. The van der Waals surface area contributed by atoms with Crippen molar-refractivity contribution in [1.29, 1.82) is 0 Å².